The topological polar surface area (TPSA) is 71.1 Å². The molecule has 0 amide bonds. The molecule has 0 aliphatic carbocycles. The van der Waals surface area contributed by atoms with Gasteiger partial charge in [-0.05, 0) is 24.6 Å². The molecule has 0 spiro atoms. The summed E-state index contributed by atoms with van der Waals surface area (Å²) in [4.78, 5) is 25.0. The van der Waals surface area contributed by atoms with E-state index in [1.54, 1.807) is 6.08 Å². The first kappa shape index (κ1) is 24.9. The average Bonchev–Trinajstić information content (AvgIpc) is 2.75. The fraction of sp³-hybridized carbons (Fsp3) is 0.500. The van der Waals surface area contributed by atoms with Crippen LogP contribution in [0.25, 0.3) is 0 Å². The van der Waals surface area contributed by atoms with E-state index in [1.807, 2.05) is 24.3 Å². The molecular weight excluding hydrogens is 388 g/mol. The molecule has 7 heteroatoms. The number of hydrogen-bond donors (Lipinski definition) is 0. The summed E-state index contributed by atoms with van der Waals surface area (Å²) in [6.07, 6.45) is 2.92. The van der Waals surface area contributed by atoms with Gasteiger partial charge in [-0.1, -0.05) is 48.6 Å². The first-order chi connectivity index (χ1) is 13.8. The summed E-state index contributed by atoms with van der Waals surface area (Å²) >= 11 is 0. The smallest absolute Gasteiger partial charge is 0.323 e. The molecule has 29 heavy (non-hydrogen) atoms. The third-order valence-electron chi connectivity index (χ3n) is 5.05. The number of carbonyl (C=O) groups excluding carboxylic acids is 2. The number of carbonyl (C=O) groups is 2. The van der Waals surface area contributed by atoms with E-state index in [0.29, 0.717) is 0 Å². The summed E-state index contributed by atoms with van der Waals surface area (Å²) in [5, 5.41) is 1.36. The molecule has 0 bridgehead atoms. The Hall–Kier alpha value is -2.18. The number of esters is 2. The third-order valence-corrected chi connectivity index (χ3v) is 8.17. The second-order valence-corrected chi connectivity index (χ2v) is 12.2. The lowest BCUT2D eigenvalue weighted by molar-refractivity contribution is -0.181. The molecule has 160 valence electrons. The van der Waals surface area contributed by atoms with Gasteiger partial charge in [0.05, 0.1) is 22.3 Å². The van der Waals surface area contributed by atoms with Crippen LogP contribution < -0.4 is 5.19 Å². The van der Waals surface area contributed by atoms with E-state index >= 15 is 0 Å². The highest BCUT2D eigenvalue weighted by atomic mass is 28.3. The lowest BCUT2D eigenvalue weighted by Gasteiger charge is -2.29. The molecule has 0 aromatic heterocycles. The van der Waals surface area contributed by atoms with Crippen LogP contribution in [0.1, 0.15) is 12.8 Å². The van der Waals surface area contributed by atoms with Crippen LogP contribution in [0.15, 0.2) is 48.2 Å². The standard InChI is InChI=1S/C22H32O6Si/c1-25-19(26-2)17-22(20(23)27-3,21(24)28-4)15-11-8-12-16-29(5,6)18-13-9-7-10-14-18/h7,9-14,19H,15-17H2,1-6H3. The van der Waals surface area contributed by atoms with Crippen LogP contribution in [0.2, 0.25) is 19.1 Å². The SMILES string of the molecule is COC(=O)C(CC=C=CC[Si](C)(C)c1ccccc1)(CC(OC)OC)C(=O)OC. The van der Waals surface area contributed by atoms with E-state index in [9.17, 15) is 9.59 Å². The Morgan fingerprint density at radius 3 is 2.03 bits per heavy atom. The van der Waals surface area contributed by atoms with Crippen LogP contribution in [0.4, 0.5) is 0 Å². The molecule has 1 rings (SSSR count). The van der Waals surface area contributed by atoms with Crippen LogP contribution in [0.5, 0.6) is 0 Å². The van der Waals surface area contributed by atoms with Crippen molar-refractivity contribution < 1.29 is 28.5 Å². The van der Waals surface area contributed by atoms with Crippen LogP contribution in [0, 0.1) is 5.41 Å². The van der Waals surface area contributed by atoms with E-state index < -0.39 is 31.7 Å². The van der Waals surface area contributed by atoms with Crippen molar-refractivity contribution in [2.45, 2.75) is 38.3 Å². The molecule has 0 heterocycles. The monoisotopic (exact) mass is 420 g/mol. The van der Waals surface area contributed by atoms with E-state index in [1.165, 1.54) is 33.6 Å². The van der Waals surface area contributed by atoms with E-state index in [2.05, 4.69) is 31.0 Å². The van der Waals surface area contributed by atoms with Crippen molar-refractivity contribution in [3.63, 3.8) is 0 Å². The summed E-state index contributed by atoms with van der Waals surface area (Å²) in [5.74, 6) is -1.39. The van der Waals surface area contributed by atoms with Crippen molar-refractivity contribution in [2.24, 2.45) is 5.41 Å². The molecule has 6 nitrogen and oxygen atoms in total. The zero-order valence-corrected chi connectivity index (χ0v) is 19.2. The van der Waals surface area contributed by atoms with Gasteiger partial charge < -0.3 is 18.9 Å². The normalized spacial score (nSPS) is 11.6. The van der Waals surface area contributed by atoms with E-state index in [0.717, 1.165) is 6.04 Å². The Labute approximate surface area is 174 Å². The van der Waals surface area contributed by atoms with Gasteiger partial charge in [0.25, 0.3) is 0 Å². The van der Waals surface area contributed by atoms with Gasteiger partial charge in [-0.3, -0.25) is 9.59 Å². The van der Waals surface area contributed by atoms with E-state index in [-0.39, 0.29) is 12.8 Å². The van der Waals surface area contributed by atoms with Crippen molar-refractivity contribution in [3.8, 4) is 0 Å². The molecule has 0 saturated carbocycles. The average molecular weight is 421 g/mol. The predicted octanol–water partition coefficient (Wildman–Crippen LogP) is 3.04. The molecular formula is C22H32O6Si. The van der Waals surface area contributed by atoms with Gasteiger partial charge in [0.15, 0.2) is 11.7 Å². The molecule has 0 radical (unpaired) electrons. The Kier molecular flexibility index (Phi) is 10.1. The Bertz CT molecular complexity index is 702. The van der Waals surface area contributed by atoms with Crippen molar-refractivity contribution in [3.05, 3.63) is 48.2 Å². The summed E-state index contributed by atoms with van der Waals surface area (Å²) in [7, 11) is 3.73. The van der Waals surface area contributed by atoms with Crippen LogP contribution in [-0.2, 0) is 28.5 Å². The lowest BCUT2D eigenvalue weighted by atomic mass is 9.80. The molecule has 0 N–H and O–H groups in total. The summed E-state index contributed by atoms with van der Waals surface area (Å²) in [6.45, 7) is 4.57. The van der Waals surface area contributed by atoms with Gasteiger partial charge in [-0.2, -0.15) is 0 Å². The molecule has 0 atom stereocenters. The highest BCUT2D eigenvalue weighted by Crippen LogP contribution is 2.33. The Morgan fingerprint density at radius 1 is 1.00 bits per heavy atom. The Morgan fingerprint density at radius 2 is 1.55 bits per heavy atom. The first-order valence-corrected chi connectivity index (χ1v) is 12.7. The van der Waals surface area contributed by atoms with Gasteiger partial charge in [0, 0.05) is 20.6 Å². The molecule has 0 fully saturated rings. The highest BCUT2D eigenvalue weighted by Gasteiger charge is 2.49. The fourth-order valence-corrected chi connectivity index (χ4v) is 5.03. The minimum atomic E-state index is -1.63. The van der Waals surface area contributed by atoms with Crippen molar-refractivity contribution in [2.75, 3.05) is 28.4 Å². The largest absolute Gasteiger partial charge is 0.468 e. The number of hydrogen-bond acceptors (Lipinski definition) is 6. The van der Waals surface area contributed by atoms with Crippen molar-refractivity contribution in [1.82, 2.24) is 0 Å². The van der Waals surface area contributed by atoms with Crippen molar-refractivity contribution >= 4 is 25.2 Å². The number of allylic oxidation sites excluding steroid dienone is 1. The maximum atomic E-state index is 12.5. The predicted molar refractivity (Wildman–Crippen MR) is 115 cm³/mol. The minimum Gasteiger partial charge on any atom is -0.468 e. The van der Waals surface area contributed by atoms with Gasteiger partial charge in [-0.15, -0.1) is 5.73 Å². The zero-order chi connectivity index (χ0) is 21.9. The number of benzene rings is 1. The van der Waals surface area contributed by atoms with E-state index in [4.69, 9.17) is 18.9 Å². The third kappa shape index (κ3) is 6.68. The maximum Gasteiger partial charge on any atom is 0.323 e. The van der Waals surface area contributed by atoms with Crippen LogP contribution >= 0.6 is 0 Å². The van der Waals surface area contributed by atoms with Crippen LogP contribution in [-0.4, -0.2) is 54.7 Å². The van der Waals surface area contributed by atoms with Gasteiger partial charge >= 0.3 is 11.9 Å². The number of methoxy groups -OCH3 is 4. The molecule has 0 aliphatic heterocycles. The fourth-order valence-electron chi connectivity index (χ4n) is 3.08. The number of rotatable bonds is 11. The zero-order valence-electron chi connectivity index (χ0n) is 18.2. The lowest BCUT2D eigenvalue weighted by Crippen LogP contribution is -2.44. The molecule has 0 unspecified atom stereocenters. The van der Waals surface area contributed by atoms with Crippen molar-refractivity contribution in [1.29, 1.82) is 0 Å². The van der Waals surface area contributed by atoms with Crippen LogP contribution in [0.3, 0.4) is 0 Å². The second-order valence-electron chi connectivity index (χ2n) is 7.40. The van der Waals surface area contributed by atoms with Gasteiger partial charge in [0.2, 0.25) is 0 Å². The second kappa shape index (κ2) is 11.7. The van der Waals surface area contributed by atoms with Gasteiger partial charge in [0.1, 0.15) is 0 Å². The summed E-state index contributed by atoms with van der Waals surface area (Å²) < 4.78 is 20.2. The molecule has 0 aliphatic rings. The molecule has 1 aromatic rings. The molecule has 0 saturated heterocycles. The highest BCUT2D eigenvalue weighted by molar-refractivity contribution is 6.90. The minimum absolute atomic E-state index is 0.0260. The summed E-state index contributed by atoms with van der Waals surface area (Å²) in [5.41, 5.74) is 1.56. The molecule has 1 aromatic carbocycles. The first-order valence-electron chi connectivity index (χ1n) is 9.44. The Balaban J connectivity index is 3.05. The quantitative estimate of drug-likeness (QED) is 0.180. The maximum absolute atomic E-state index is 12.5. The van der Waals surface area contributed by atoms with Gasteiger partial charge in [-0.25, -0.2) is 0 Å². The summed E-state index contributed by atoms with van der Waals surface area (Å²) in [6, 6.07) is 11.3. The number of ether oxygens (including phenoxy) is 4.